The third-order valence-electron chi connectivity index (χ3n) is 4.63. The van der Waals surface area contributed by atoms with Crippen molar-refractivity contribution >= 4 is 11.9 Å². The van der Waals surface area contributed by atoms with E-state index in [1.807, 2.05) is 30.3 Å². The molecule has 0 aliphatic heterocycles. The van der Waals surface area contributed by atoms with E-state index in [1.165, 1.54) is 19.2 Å². The summed E-state index contributed by atoms with van der Waals surface area (Å²) in [6.45, 7) is 0. The van der Waals surface area contributed by atoms with Crippen molar-refractivity contribution in [3.63, 3.8) is 0 Å². The Morgan fingerprint density at radius 2 is 1.71 bits per heavy atom. The van der Waals surface area contributed by atoms with E-state index in [9.17, 15) is 14.4 Å². The molecule has 3 rings (SSSR count). The number of aromatic amines is 2. The van der Waals surface area contributed by atoms with E-state index >= 15 is 0 Å². The summed E-state index contributed by atoms with van der Waals surface area (Å²) in [6, 6.07) is 15.8. The molecule has 0 fully saturated rings. The first kappa shape index (κ1) is 19.2. The summed E-state index contributed by atoms with van der Waals surface area (Å²) in [5.41, 5.74) is 2.60. The van der Waals surface area contributed by atoms with Gasteiger partial charge in [0.15, 0.2) is 0 Å². The van der Waals surface area contributed by atoms with E-state index in [4.69, 9.17) is 9.84 Å². The number of H-pyrrole nitrogens is 2. The summed E-state index contributed by atoms with van der Waals surface area (Å²) in [5, 5.41) is 14.6. The highest BCUT2D eigenvalue weighted by molar-refractivity contribution is 5.87. The minimum absolute atomic E-state index is 0.0361. The normalized spacial score (nSPS) is 11.8. The molecule has 7 nitrogen and oxygen atoms in total. The molecule has 0 radical (unpaired) electrons. The third-order valence-corrected chi connectivity index (χ3v) is 4.63. The minimum Gasteiger partial charge on any atom is -0.478 e. The van der Waals surface area contributed by atoms with Crippen LogP contribution in [0.5, 0.6) is 0 Å². The van der Waals surface area contributed by atoms with Gasteiger partial charge >= 0.3 is 11.9 Å². The average Bonchev–Trinajstić information content (AvgIpc) is 3.06. The number of nitrogens with one attached hydrogen (secondary N) is 2. The number of carbonyl (C=O) groups excluding carboxylic acids is 1. The van der Waals surface area contributed by atoms with Crippen molar-refractivity contribution in [3.8, 4) is 0 Å². The monoisotopic (exact) mass is 380 g/mol. The first-order valence-corrected chi connectivity index (χ1v) is 8.73. The topological polar surface area (TPSA) is 112 Å². The average molecular weight is 380 g/mol. The molecule has 2 aromatic carbocycles. The van der Waals surface area contributed by atoms with Crippen LogP contribution in [0.3, 0.4) is 0 Å². The van der Waals surface area contributed by atoms with Crippen molar-refractivity contribution in [3.05, 3.63) is 92.9 Å². The highest BCUT2D eigenvalue weighted by atomic mass is 16.5. The number of carboxylic acids is 1. The molecule has 0 aliphatic rings. The fourth-order valence-electron chi connectivity index (χ4n) is 3.21. The highest BCUT2D eigenvalue weighted by Gasteiger charge is 2.26. The zero-order valence-electron chi connectivity index (χ0n) is 15.3. The van der Waals surface area contributed by atoms with Gasteiger partial charge in [0, 0.05) is 23.6 Å². The number of ether oxygens (including phenoxy) is 1. The Bertz CT molecular complexity index is 1020. The van der Waals surface area contributed by atoms with E-state index < -0.39 is 17.9 Å². The summed E-state index contributed by atoms with van der Waals surface area (Å²) >= 11 is 0. The number of carboxylic acid groups (broad SMARTS) is 1. The summed E-state index contributed by atoms with van der Waals surface area (Å²) in [6.07, 6.45) is 0.450. The summed E-state index contributed by atoms with van der Waals surface area (Å²) in [4.78, 5) is 35.7. The van der Waals surface area contributed by atoms with Crippen LogP contribution in [0, 0.1) is 0 Å². The number of benzene rings is 2. The molecule has 0 spiro atoms. The zero-order chi connectivity index (χ0) is 20.1. The molecule has 1 aromatic heterocycles. The Morgan fingerprint density at radius 3 is 2.32 bits per heavy atom. The van der Waals surface area contributed by atoms with Crippen molar-refractivity contribution in [2.75, 3.05) is 7.11 Å². The van der Waals surface area contributed by atoms with Gasteiger partial charge in [0.05, 0.1) is 19.1 Å². The molecular weight excluding hydrogens is 360 g/mol. The number of aromatic carboxylic acids is 1. The Labute approximate surface area is 161 Å². The molecule has 0 amide bonds. The lowest BCUT2D eigenvalue weighted by Crippen LogP contribution is -2.18. The van der Waals surface area contributed by atoms with E-state index in [2.05, 4.69) is 10.2 Å². The van der Waals surface area contributed by atoms with Crippen LogP contribution in [0.15, 0.2) is 59.4 Å². The quantitative estimate of drug-likeness (QED) is 0.546. The van der Waals surface area contributed by atoms with E-state index in [1.54, 1.807) is 12.1 Å². The molecular formula is C21H20N2O5. The second-order valence-corrected chi connectivity index (χ2v) is 6.39. The predicted octanol–water partition coefficient (Wildman–Crippen LogP) is 2.69. The maximum atomic E-state index is 12.6. The summed E-state index contributed by atoms with van der Waals surface area (Å²) in [7, 11) is 1.29. The lowest BCUT2D eigenvalue weighted by atomic mass is 9.87. The molecule has 0 bridgehead atoms. The van der Waals surface area contributed by atoms with E-state index in [0.29, 0.717) is 23.2 Å². The van der Waals surface area contributed by atoms with Gasteiger partial charge < -0.3 is 14.9 Å². The lowest BCUT2D eigenvalue weighted by molar-refractivity contribution is -0.140. The number of hydrogen-bond acceptors (Lipinski definition) is 4. The lowest BCUT2D eigenvalue weighted by Gasteiger charge is -2.16. The number of hydrogen-bond donors (Lipinski definition) is 3. The van der Waals surface area contributed by atoms with Crippen molar-refractivity contribution in [2.24, 2.45) is 0 Å². The molecule has 3 N–H and O–H groups in total. The van der Waals surface area contributed by atoms with Crippen LogP contribution in [0.2, 0.25) is 0 Å². The second kappa shape index (κ2) is 8.39. The first-order valence-electron chi connectivity index (χ1n) is 8.73. The van der Waals surface area contributed by atoms with Gasteiger partial charge in [0.2, 0.25) is 0 Å². The van der Waals surface area contributed by atoms with E-state index in [-0.39, 0.29) is 17.5 Å². The number of esters is 1. The molecule has 28 heavy (non-hydrogen) atoms. The fraction of sp³-hybridized carbons (Fsp3) is 0.190. The van der Waals surface area contributed by atoms with Crippen molar-refractivity contribution in [2.45, 2.75) is 18.8 Å². The van der Waals surface area contributed by atoms with Gasteiger partial charge in [-0.25, -0.2) is 4.79 Å². The van der Waals surface area contributed by atoms with Crippen molar-refractivity contribution in [1.82, 2.24) is 10.2 Å². The van der Waals surface area contributed by atoms with Gasteiger partial charge in [0.25, 0.3) is 5.56 Å². The molecule has 7 heteroatoms. The maximum absolute atomic E-state index is 12.6. The second-order valence-electron chi connectivity index (χ2n) is 6.39. The third kappa shape index (κ3) is 4.20. The molecule has 0 saturated heterocycles. The van der Waals surface area contributed by atoms with Crippen LogP contribution < -0.4 is 5.56 Å². The van der Waals surface area contributed by atoms with E-state index in [0.717, 1.165) is 5.56 Å². The van der Waals surface area contributed by atoms with Crippen molar-refractivity contribution in [1.29, 1.82) is 0 Å². The smallest absolute Gasteiger partial charge is 0.335 e. The van der Waals surface area contributed by atoms with Gasteiger partial charge in [-0.05, 0) is 23.3 Å². The Hall–Kier alpha value is -3.61. The molecule has 3 aromatic rings. The van der Waals surface area contributed by atoms with Gasteiger partial charge in [-0.1, -0.05) is 42.5 Å². The van der Waals surface area contributed by atoms with Gasteiger partial charge in [-0.3, -0.25) is 14.7 Å². The zero-order valence-corrected chi connectivity index (χ0v) is 15.3. The van der Waals surface area contributed by atoms with Crippen LogP contribution >= 0.6 is 0 Å². The Kier molecular flexibility index (Phi) is 5.74. The fourth-order valence-corrected chi connectivity index (χ4v) is 3.21. The minimum atomic E-state index is -1.04. The van der Waals surface area contributed by atoms with Crippen LogP contribution in [0.4, 0.5) is 0 Å². The van der Waals surface area contributed by atoms with Gasteiger partial charge in [0.1, 0.15) is 0 Å². The highest BCUT2D eigenvalue weighted by Crippen LogP contribution is 2.29. The van der Waals surface area contributed by atoms with Crippen molar-refractivity contribution < 1.29 is 19.4 Å². The summed E-state index contributed by atoms with van der Waals surface area (Å²) < 4.78 is 4.80. The molecule has 0 saturated carbocycles. The van der Waals surface area contributed by atoms with Crippen LogP contribution in [-0.4, -0.2) is 34.4 Å². The Balaban J connectivity index is 2.03. The Morgan fingerprint density at radius 1 is 1.04 bits per heavy atom. The summed E-state index contributed by atoms with van der Waals surface area (Å²) in [5.74, 6) is -2.07. The number of carbonyl (C=O) groups is 2. The molecule has 1 heterocycles. The number of methoxy groups -OCH3 is 1. The van der Waals surface area contributed by atoms with Gasteiger partial charge in [-0.2, -0.15) is 0 Å². The maximum Gasteiger partial charge on any atom is 0.335 e. The molecule has 144 valence electrons. The largest absolute Gasteiger partial charge is 0.478 e. The molecule has 0 aliphatic carbocycles. The van der Waals surface area contributed by atoms with Crippen LogP contribution in [-0.2, 0) is 16.0 Å². The first-order chi connectivity index (χ1) is 13.5. The van der Waals surface area contributed by atoms with Crippen LogP contribution in [0.25, 0.3) is 0 Å². The SMILES string of the molecule is COC(=O)C[C@@H](c1ccc(C(=O)O)cc1)c1c(Cc2ccccc2)[nH][nH]c1=O. The number of aromatic nitrogens is 2. The number of rotatable bonds is 7. The van der Waals surface area contributed by atoms with Crippen LogP contribution in [0.1, 0.15) is 45.1 Å². The molecule has 1 atom stereocenters. The molecule has 0 unspecified atom stereocenters. The standard InChI is InChI=1S/C21H20N2O5/c1-28-18(24)12-16(14-7-9-15(10-8-14)21(26)27)19-17(22-23-20(19)25)11-13-5-3-2-4-6-13/h2-10,16H,11-12H2,1H3,(H,26,27)(H2,22,23,25)/t16-/m0/s1. The van der Waals surface area contributed by atoms with Gasteiger partial charge in [-0.15, -0.1) is 0 Å². The predicted molar refractivity (Wildman–Crippen MR) is 103 cm³/mol.